The summed E-state index contributed by atoms with van der Waals surface area (Å²) in [5.74, 6) is 0. The van der Waals surface area contributed by atoms with Gasteiger partial charge in [0.1, 0.15) is 0 Å². The van der Waals surface area contributed by atoms with Crippen LogP contribution in [0.1, 0.15) is 44.3 Å². The number of rotatable bonds is 4. The Labute approximate surface area is 144 Å². The van der Waals surface area contributed by atoms with Gasteiger partial charge < -0.3 is 14.9 Å². The molecule has 0 spiro atoms. The largest absolute Gasteiger partial charge is 0.387 e. The van der Waals surface area contributed by atoms with Gasteiger partial charge in [-0.1, -0.05) is 48.9 Å². The van der Waals surface area contributed by atoms with Gasteiger partial charge in [0, 0.05) is 25.6 Å². The fourth-order valence-electron chi connectivity index (χ4n) is 4.09. The van der Waals surface area contributed by atoms with Crippen LogP contribution in [-0.2, 0) is 0 Å². The first-order valence-corrected chi connectivity index (χ1v) is 8.92. The van der Waals surface area contributed by atoms with E-state index >= 15 is 0 Å². The highest BCUT2D eigenvalue weighted by molar-refractivity contribution is 5.75. The van der Waals surface area contributed by atoms with Crippen LogP contribution in [0.5, 0.6) is 0 Å². The summed E-state index contributed by atoms with van der Waals surface area (Å²) < 4.78 is 0. The van der Waals surface area contributed by atoms with Crippen LogP contribution >= 0.6 is 0 Å². The van der Waals surface area contributed by atoms with E-state index in [2.05, 4.69) is 13.0 Å². The van der Waals surface area contributed by atoms with Crippen LogP contribution < -0.4 is 0 Å². The third kappa shape index (κ3) is 3.48. The molecule has 0 radical (unpaired) electrons. The van der Waals surface area contributed by atoms with E-state index in [1.807, 2.05) is 42.3 Å². The number of urea groups is 1. The lowest BCUT2D eigenvalue weighted by molar-refractivity contribution is 0.0549. The third-order valence-electron chi connectivity index (χ3n) is 5.37. The molecule has 0 saturated carbocycles. The summed E-state index contributed by atoms with van der Waals surface area (Å²) in [6, 6.07) is 9.60. The molecule has 0 aromatic heterocycles. The summed E-state index contributed by atoms with van der Waals surface area (Å²) in [7, 11) is 1.87. The normalized spacial score (nSPS) is 26.3. The molecule has 2 aliphatic rings. The summed E-state index contributed by atoms with van der Waals surface area (Å²) in [6.45, 7) is 4.05. The second-order valence-corrected chi connectivity index (χ2v) is 7.48. The molecule has 1 aromatic carbocycles. The van der Waals surface area contributed by atoms with Crippen molar-refractivity contribution < 1.29 is 9.90 Å². The van der Waals surface area contributed by atoms with Crippen molar-refractivity contribution in [1.29, 1.82) is 0 Å². The van der Waals surface area contributed by atoms with Crippen molar-refractivity contribution in [2.45, 2.75) is 38.7 Å². The third-order valence-corrected chi connectivity index (χ3v) is 5.37. The number of allylic oxidation sites excluding steroid dienone is 1. The molecule has 2 amide bonds. The Balaban J connectivity index is 1.76. The van der Waals surface area contributed by atoms with Crippen molar-refractivity contribution in [2.75, 3.05) is 26.7 Å². The van der Waals surface area contributed by atoms with Gasteiger partial charge >= 0.3 is 6.03 Å². The van der Waals surface area contributed by atoms with Crippen LogP contribution in [0.2, 0.25) is 0 Å². The van der Waals surface area contributed by atoms with Gasteiger partial charge in [-0.2, -0.15) is 0 Å². The van der Waals surface area contributed by atoms with Crippen molar-refractivity contribution >= 4 is 6.03 Å². The zero-order valence-corrected chi connectivity index (χ0v) is 14.7. The van der Waals surface area contributed by atoms with Gasteiger partial charge in [-0.25, -0.2) is 4.79 Å². The number of nitrogens with zero attached hydrogens (tertiary/aromatic N) is 2. The lowest BCUT2D eigenvalue weighted by Gasteiger charge is -2.47. The first kappa shape index (κ1) is 17.0. The number of carbonyl (C=O) groups excluding carboxylic acids is 1. The molecule has 4 heteroatoms. The lowest BCUT2D eigenvalue weighted by atomic mass is 9.75. The van der Waals surface area contributed by atoms with Crippen LogP contribution in [0.3, 0.4) is 0 Å². The summed E-state index contributed by atoms with van der Waals surface area (Å²) in [6.07, 6.45) is 6.52. The molecule has 1 fully saturated rings. The van der Waals surface area contributed by atoms with Gasteiger partial charge in [-0.15, -0.1) is 0 Å². The second kappa shape index (κ2) is 6.98. The SMILES string of the molecule is CN1CC(C)(C2=CCCCC2)CN(CC(O)c2ccccc2)C1=O. The zero-order valence-electron chi connectivity index (χ0n) is 14.7. The Hall–Kier alpha value is -1.81. The molecular formula is C20H28N2O2. The number of aliphatic hydroxyl groups is 1. The van der Waals surface area contributed by atoms with E-state index in [1.165, 1.54) is 18.4 Å². The highest BCUT2D eigenvalue weighted by Crippen LogP contribution is 2.38. The average Bonchev–Trinajstić information content (AvgIpc) is 2.61. The Bertz CT molecular complexity index is 613. The van der Waals surface area contributed by atoms with E-state index in [0.29, 0.717) is 13.1 Å². The molecular weight excluding hydrogens is 300 g/mol. The number of β-amino-alcohol motifs (C(OH)–C–C–N with tert-alkyl or cyclic N) is 1. The number of aliphatic hydroxyl groups excluding tert-OH is 1. The van der Waals surface area contributed by atoms with Gasteiger partial charge in [0.25, 0.3) is 0 Å². The van der Waals surface area contributed by atoms with Crippen molar-refractivity contribution in [3.63, 3.8) is 0 Å². The highest BCUT2D eigenvalue weighted by atomic mass is 16.3. The lowest BCUT2D eigenvalue weighted by Crippen LogP contribution is -2.57. The maximum atomic E-state index is 12.6. The highest BCUT2D eigenvalue weighted by Gasteiger charge is 2.41. The van der Waals surface area contributed by atoms with Crippen molar-refractivity contribution in [3.05, 3.63) is 47.5 Å². The Kier molecular flexibility index (Phi) is 4.95. The molecule has 130 valence electrons. The van der Waals surface area contributed by atoms with E-state index in [0.717, 1.165) is 24.9 Å². The van der Waals surface area contributed by atoms with Crippen LogP contribution in [0, 0.1) is 5.41 Å². The molecule has 2 atom stereocenters. The fraction of sp³-hybridized carbons (Fsp3) is 0.550. The predicted molar refractivity (Wildman–Crippen MR) is 95.7 cm³/mol. The van der Waals surface area contributed by atoms with Gasteiger partial charge in [0.05, 0.1) is 12.6 Å². The van der Waals surface area contributed by atoms with Gasteiger partial charge in [0.15, 0.2) is 0 Å². The van der Waals surface area contributed by atoms with Crippen LogP contribution in [0.25, 0.3) is 0 Å². The maximum Gasteiger partial charge on any atom is 0.319 e. The molecule has 0 bridgehead atoms. The smallest absolute Gasteiger partial charge is 0.319 e. The number of amides is 2. The first-order valence-electron chi connectivity index (χ1n) is 8.92. The molecule has 4 nitrogen and oxygen atoms in total. The quantitative estimate of drug-likeness (QED) is 0.858. The van der Waals surface area contributed by atoms with Gasteiger partial charge in [0.2, 0.25) is 0 Å². The molecule has 2 unspecified atom stereocenters. The molecule has 24 heavy (non-hydrogen) atoms. The molecule has 1 aliphatic heterocycles. The van der Waals surface area contributed by atoms with Crippen molar-refractivity contribution in [3.8, 4) is 0 Å². The average molecular weight is 328 g/mol. The molecule has 1 saturated heterocycles. The molecule has 1 heterocycles. The van der Waals surface area contributed by atoms with Gasteiger partial charge in [-0.05, 0) is 31.2 Å². The second-order valence-electron chi connectivity index (χ2n) is 7.48. The monoisotopic (exact) mass is 328 g/mol. The summed E-state index contributed by atoms with van der Waals surface area (Å²) in [5, 5.41) is 10.5. The van der Waals surface area contributed by atoms with E-state index in [-0.39, 0.29) is 11.4 Å². The summed E-state index contributed by atoms with van der Waals surface area (Å²) in [5.41, 5.74) is 2.32. The number of carbonyl (C=O) groups is 1. The Morgan fingerprint density at radius 2 is 1.96 bits per heavy atom. The number of hydrogen-bond acceptors (Lipinski definition) is 2. The van der Waals surface area contributed by atoms with Crippen LogP contribution in [0.15, 0.2) is 42.0 Å². The van der Waals surface area contributed by atoms with Crippen LogP contribution in [0.4, 0.5) is 4.79 Å². The summed E-state index contributed by atoms with van der Waals surface area (Å²) >= 11 is 0. The summed E-state index contributed by atoms with van der Waals surface area (Å²) in [4.78, 5) is 16.2. The Morgan fingerprint density at radius 3 is 2.62 bits per heavy atom. The first-order chi connectivity index (χ1) is 11.5. The minimum Gasteiger partial charge on any atom is -0.387 e. The van der Waals surface area contributed by atoms with Crippen molar-refractivity contribution in [1.82, 2.24) is 9.80 Å². The number of hydrogen-bond donors (Lipinski definition) is 1. The molecule has 3 rings (SSSR count). The zero-order chi connectivity index (χ0) is 17.2. The minimum atomic E-state index is -0.647. The Morgan fingerprint density at radius 1 is 1.21 bits per heavy atom. The minimum absolute atomic E-state index is 0.0128. The molecule has 1 aliphatic carbocycles. The van der Waals surface area contributed by atoms with E-state index in [4.69, 9.17) is 0 Å². The van der Waals surface area contributed by atoms with Gasteiger partial charge in [-0.3, -0.25) is 0 Å². The van der Waals surface area contributed by atoms with Crippen molar-refractivity contribution in [2.24, 2.45) is 5.41 Å². The topological polar surface area (TPSA) is 43.8 Å². The standard InChI is InChI=1S/C20H28N2O2/c1-20(17-11-7-4-8-12-17)14-21(2)19(24)22(15-20)13-18(23)16-9-5-3-6-10-16/h3,5-6,9-11,18,23H,4,7-8,12-15H2,1-2H3. The fourth-order valence-corrected chi connectivity index (χ4v) is 4.09. The molecule has 1 N–H and O–H groups in total. The number of benzene rings is 1. The van der Waals surface area contributed by atoms with E-state index < -0.39 is 6.10 Å². The van der Waals surface area contributed by atoms with E-state index in [9.17, 15) is 9.90 Å². The predicted octanol–water partition coefficient (Wildman–Crippen LogP) is 3.59. The van der Waals surface area contributed by atoms with Crippen LogP contribution in [-0.4, -0.2) is 47.6 Å². The van der Waals surface area contributed by atoms with E-state index in [1.54, 1.807) is 4.90 Å². The maximum absolute atomic E-state index is 12.6. The molecule has 1 aromatic rings.